The van der Waals surface area contributed by atoms with Crippen LogP contribution in [0, 0.1) is 0 Å². The van der Waals surface area contributed by atoms with E-state index in [0.29, 0.717) is 6.54 Å². The quantitative estimate of drug-likeness (QED) is 0.693. The predicted molar refractivity (Wildman–Crippen MR) is 56.5 cm³/mol. The summed E-state index contributed by atoms with van der Waals surface area (Å²) in [6.45, 7) is 1.67. The van der Waals surface area contributed by atoms with Crippen LogP contribution in [0.3, 0.4) is 0 Å². The molecule has 80 valence electrons. The lowest BCUT2D eigenvalue weighted by atomic mass is 10.5. The smallest absolute Gasteiger partial charge is 0.218 e. The Hall–Kier alpha value is 0.220. The van der Waals surface area contributed by atoms with Gasteiger partial charge in [-0.1, -0.05) is 0 Å². The first-order chi connectivity index (χ1) is 5.96. The molecule has 0 saturated heterocycles. The second kappa shape index (κ2) is 5.85. The van der Waals surface area contributed by atoms with E-state index >= 15 is 0 Å². The monoisotopic (exact) mass is 227 g/mol. The molecule has 0 aliphatic carbocycles. The van der Waals surface area contributed by atoms with Crippen molar-refractivity contribution in [2.75, 3.05) is 32.2 Å². The van der Waals surface area contributed by atoms with Crippen molar-refractivity contribution in [2.45, 2.75) is 12.2 Å². The molecule has 1 unspecified atom stereocenters. The van der Waals surface area contributed by atoms with Gasteiger partial charge in [-0.2, -0.15) is 11.8 Å². The van der Waals surface area contributed by atoms with Crippen molar-refractivity contribution in [3.8, 4) is 0 Å². The summed E-state index contributed by atoms with van der Waals surface area (Å²) < 4.78 is 24.3. The van der Waals surface area contributed by atoms with Crippen molar-refractivity contribution < 1.29 is 13.5 Å². The molecule has 0 saturated carbocycles. The van der Waals surface area contributed by atoms with Gasteiger partial charge in [0.1, 0.15) is 0 Å². The third-order valence-electron chi connectivity index (χ3n) is 1.81. The van der Waals surface area contributed by atoms with E-state index in [1.54, 1.807) is 11.8 Å². The normalized spacial score (nSPS) is 14.8. The molecule has 0 aromatic carbocycles. The summed E-state index contributed by atoms with van der Waals surface area (Å²) in [6, 6.07) is 0. The maximum absolute atomic E-state index is 11.5. The molecule has 0 aromatic rings. The Kier molecular flexibility index (Phi) is 5.95. The van der Waals surface area contributed by atoms with E-state index < -0.39 is 15.3 Å². The predicted octanol–water partition coefficient (Wildman–Crippen LogP) is -0.00820. The molecule has 0 aromatic heterocycles. The van der Waals surface area contributed by atoms with Crippen LogP contribution in [-0.2, 0) is 10.0 Å². The Balaban J connectivity index is 4.28. The molecule has 13 heavy (non-hydrogen) atoms. The van der Waals surface area contributed by atoms with Crippen molar-refractivity contribution in [3.63, 3.8) is 0 Å². The SMILES string of the molecule is CSCCN(C)S(=O)(=O)C(C)CO. The molecular weight excluding hydrogens is 210 g/mol. The van der Waals surface area contributed by atoms with E-state index in [0.717, 1.165) is 5.75 Å². The lowest BCUT2D eigenvalue weighted by molar-refractivity contribution is 0.291. The highest BCUT2D eigenvalue weighted by Crippen LogP contribution is 2.06. The molecular formula is C7H17NO3S2. The first kappa shape index (κ1) is 13.2. The fourth-order valence-electron chi connectivity index (χ4n) is 0.748. The topological polar surface area (TPSA) is 57.6 Å². The summed E-state index contributed by atoms with van der Waals surface area (Å²) in [5, 5.41) is 8.02. The lowest BCUT2D eigenvalue weighted by Gasteiger charge is -2.20. The fourth-order valence-corrected chi connectivity index (χ4v) is 2.47. The van der Waals surface area contributed by atoms with Gasteiger partial charge < -0.3 is 5.11 Å². The highest BCUT2D eigenvalue weighted by atomic mass is 32.2. The second-order valence-electron chi connectivity index (χ2n) is 2.85. The van der Waals surface area contributed by atoms with Crippen LogP contribution in [0.25, 0.3) is 0 Å². The van der Waals surface area contributed by atoms with Crippen LogP contribution in [0.2, 0.25) is 0 Å². The number of aliphatic hydroxyl groups is 1. The number of rotatable bonds is 6. The highest BCUT2D eigenvalue weighted by Gasteiger charge is 2.24. The van der Waals surface area contributed by atoms with E-state index in [1.807, 2.05) is 6.26 Å². The third-order valence-corrected chi connectivity index (χ3v) is 4.62. The molecule has 0 radical (unpaired) electrons. The maximum Gasteiger partial charge on any atom is 0.218 e. The second-order valence-corrected chi connectivity index (χ2v) is 6.30. The van der Waals surface area contributed by atoms with E-state index in [2.05, 4.69) is 0 Å². The molecule has 0 spiro atoms. The van der Waals surface area contributed by atoms with Gasteiger partial charge in [-0.05, 0) is 13.2 Å². The van der Waals surface area contributed by atoms with Gasteiger partial charge in [0.05, 0.1) is 11.9 Å². The Morgan fingerprint density at radius 3 is 2.46 bits per heavy atom. The molecule has 0 bridgehead atoms. The van der Waals surface area contributed by atoms with Gasteiger partial charge in [0, 0.05) is 19.3 Å². The number of hydrogen-bond donors (Lipinski definition) is 1. The van der Waals surface area contributed by atoms with Gasteiger partial charge >= 0.3 is 0 Å². The first-order valence-corrected chi connectivity index (χ1v) is 6.91. The summed E-state index contributed by atoms with van der Waals surface area (Å²) in [6.07, 6.45) is 1.93. The molecule has 1 atom stereocenters. The molecule has 4 nitrogen and oxygen atoms in total. The van der Waals surface area contributed by atoms with Crippen molar-refractivity contribution >= 4 is 21.8 Å². The van der Waals surface area contributed by atoms with Crippen LogP contribution in [-0.4, -0.2) is 55.3 Å². The van der Waals surface area contributed by atoms with Gasteiger partial charge in [0.25, 0.3) is 0 Å². The minimum Gasteiger partial charge on any atom is -0.395 e. The van der Waals surface area contributed by atoms with E-state index in [9.17, 15) is 8.42 Å². The average Bonchev–Trinajstić information content (AvgIpc) is 2.12. The minimum absolute atomic E-state index is 0.327. The number of sulfonamides is 1. The average molecular weight is 227 g/mol. The zero-order valence-electron chi connectivity index (χ0n) is 8.23. The summed E-state index contributed by atoms with van der Waals surface area (Å²) in [7, 11) is -1.75. The van der Waals surface area contributed by atoms with Crippen molar-refractivity contribution in [3.05, 3.63) is 0 Å². The minimum atomic E-state index is -3.29. The van der Waals surface area contributed by atoms with Gasteiger partial charge in [-0.25, -0.2) is 12.7 Å². The summed E-state index contributed by atoms with van der Waals surface area (Å²) in [4.78, 5) is 0. The summed E-state index contributed by atoms with van der Waals surface area (Å²) in [5.74, 6) is 0.772. The summed E-state index contributed by atoms with van der Waals surface area (Å²) >= 11 is 1.60. The molecule has 0 heterocycles. The van der Waals surface area contributed by atoms with Crippen LogP contribution in [0.1, 0.15) is 6.92 Å². The largest absolute Gasteiger partial charge is 0.395 e. The number of aliphatic hydroxyl groups excluding tert-OH is 1. The van der Waals surface area contributed by atoms with E-state index in [-0.39, 0.29) is 6.61 Å². The molecule has 6 heteroatoms. The van der Waals surface area contributed by atoms with Crippen LogP contribution >= 0.6 is 11.8 Å². The number of nitrogens with zero attached hydrogens (tertiary/aromatic N) is 1. The fraction of sp³-hybridized carbons (Fsp3) is 1.00. The van der Waals surface area contributed by atoms with Gasteiger partial charge in [0.2, 0.25) is 10.0 Å². The van der Waals surface area contributed by atoms with E-state index in [4.69, 9.17) is 5.11 Å². The molecule has 0 fully saturated rings. The van der Waals surface area contributed by atoms with Crippen molar-refractivity contribution in [1.82, 2.24) is 4.31 Å². The zero-order chi connectivity index (χ0) is 10.5. The van der Waals surface area contributed by atoms with Gasteiger partial charge in [-0.15, -0.1) is 0 Å². The Morgan fingerprint density at radius 1 is 1.54 bits per heavy atom. The van der Waals surface area contributed by atoms with Gasteiger partial charge in [0.15, 0.2) is 0 Å². The summed E-state index contributed by atoms with van der Waals surface area (Å²) in [5.41, 5.74) is 0. The Bertz CT molecular complexity index is 228. The van der Waals surface area contributed by atoms with Crippen LogP contribution in [0.4, 0.5) is 0 Å². The number of thioether (sulfide) groups is 1. The molecule has 0 rings (SSSR count). The zero-order valence-corrected chi connectivity index (χ0v) is 9.86. The van der Waals surface area contributed by atoms with Crippen LogP contribution in [0.15, 0.2) is 0 Å². The highest BCUT2D eigenvalue weighted by molar-refractivity contribution is 7.98. The molecule has 1 N–H and O–H groups in total. The maximum atomic E-state index is 11.5. The molecule has 0 aliphatic rings. The van der Waals surface area contributed by atoms with E-state index in [1.165, 1.54) is 18.3 Å². The number of hydrogen-bond acceptors (Lipinski definition) is 4. The Labute approximate surface area is 84.4 Å². The third kappa shape index (κ3) is 3.84. The van der Waals surface area contributed by atoms with Gasteiger partial charge in [-0.3, -0.25) is 0 Å². The molecule has 0 amide bonds. The standard InChI is InChI=1S/C7H17NO3S2/c1-7(6-9)13(10,11)8(2)4-5-12-3/h7,9H,4-6H2,1-3H3. The first-order valence-electron chi connectivity index (χ1n) is 4.01. The van der Waals surface area contributed by atoms with Crippen LogP contribution in [0.5, 0.6) is 0 Å². The van der Waals surface area contributed by atoms with Crippen molar-refractivity contribution in [1.29, 1.82) is 0 Å². The van der Waals surface area contributed by atoms with Crippen LogP contribution < -0.4 is 0 Å². The lowest BCUT2D eigenvalue weighted by Crippen LogP contribution is -2.37. The van der Waals surface area contributed by atoms with Crippen molar-refractivity contribution in [2.24, 2.45) is 0 Å². The molecule has 0 aliphatic heterocycles. The Morgan fingerprint density at radius 2 is 2.08 bits per heavy atom.